The van der Waals surface area contributed by atoms with Gasteiger partial charge in [-0.3, -0.25) is 14.9 Å². The quantitative estimate of drug-likeness (QED) is 0.459. The fraction of sp³-hybridized carbons (Fsp3) is 0.238. The SMILES string of the molecule is Cc1cccc(Nc2cc(NC3CC3)n3ncc(/C=C4\CC(=O)NC4=O)c3n2)c1. The molecule has 5 rings (SSSR count). The van der Waals surface area contributed by atoms with Crippen molar-refractivity contribution in [3.05, 3.63) is 53.2 Å². The van der Waals surface area contributed by atoms with Crippen LogP contribution in [-0.4, -0.2) is 32.5 Å². The summed E-state index contributed by atoms with van der Waals surface area (Å²) in [5.41, 5.74) is 3.82. The molecule has 0 radical (unpaired) electrons. The molecule has 1 aliphatic heterocycles. The zero-order chi connectivity index (χ0) is 20.0. The number of hydrogen-bond acceptors (Lipinski definition) is 6. The standard InChI is InChI=1S/C21H20N6O2/c1-12-3-2-4-16(7-12)23-17-10-18(24-15-5-6-15)27-20(25-17)14(11-22-27)8-13-9-19(28)26-21(13)29/h2-4,7-8,10-11,15,24H,5-6,9H2,1H3,(H,23,25)(H,26,28,29)/b13-8+. The number of anilines is 3. The number of aromatic nitrogens is 3. The maximum Gasteiger partial charge on any atom is 0.254 e. The fourth-order valence-corrected chi connectivity index (χ4v) is 3.36. The van der Waals surface area contributed by atoms with E-state index in [0.29, 0.717) is 28.6 Å². The van der Waals surface area contributed by atoms with Gasteiger partial charge in [-0.15, -0.1) is 0 Å². The number of rotatable bonds is 5. The number of aryl methyl sites for hydroxylation is 1. The van der Waals surface area contributed by atoms with Gasteiger partial charge in [-0.25, -0.2) is 4.98 Å². The fourth-order valence-electron chi connectivity index (χ4n) is 3.36. The summed E-state index contributed by atoms with van der Waals surface area (Å²) in [6.45, 7) is 2.04. The second-order valence-electron chi connectivity index (χ2n) is 7.50. The van der Waals surface area contributed by atoms with E-state index in [1.807, 2.05) is 37.3 Å². The number of benzene rings is 1. The Bertz CT molecular complexity index is 1180. The molecular weight excluding hydrogens is 368 g/mol. The van der Waals surface area contributed by atoms with E-state index in [2.05, 4.69) is 21.0 Å². The summed E-state index contributed by atoms with van der Waals surface area (Å²) in [7, 11) is 0. The maximum atomic E-state index is 11.9. The Hall–Kier alpha value is -3.68. The number of fused-ring (bicyclic) bond motifs is 1. The molecule has 2 fully saturated rings. The van der Waals surface area contributed by atoms with Gasteiger partial charge in [0.1, 0.15) is 11.6 Å². The summed E-state index contributed by atoms with van der Waals surface area (Å²) in [4.78, 5) is 28.2. The number of hydrogen-bond donors (Lipinski definition) is 3. The molecule has 0 unspecified atom stereocenters. The molecule has 8 heteroatoms. The molecule has 3 aromatic rings. The van der Waals surface area contributed by atoms with Crippen LogP contribution < -0.4 is 16.0 Å². The normalized spacial score (nSPS) is 17.8. The highest BCUT2D eigenvalue weighted by molar-refractivity contribution is 6.15. The van der Waals surface area contributed by atoms with Gasteiger partial charge in [-0.1, -0.05) is 12.1 Å². The van der Waals surface area contributed by atoms with Gasteiger partial charge in [-0.05, 0) is 43.5 Å². The molecule has 1 saturated carbocycles. The van der Waals surface area contributed by atoms with Crippen LogP contribution in [0.3, 0.4) is 0 Å². The molecule has 2 amide bonds. The Kier molecular flexibility index (Phi) is 4.04. The van der Waals surface area contributed by atoms with Crippen molar-refractivity contribution in [1.29, 1.82) is 0 Å². The Balaban J connectivity index is 1.57. The maximum absolute atomic E-state index is 11.9. The van der Waals surface area contributed by atoms with Crippen LogP contribution >= 0.6 is 0 Å². The molecule has 1 aromatic carbocycles. The van der Waals surface area contributed by atoms with E-state index in [-0.39, 0.29) is 18.2 Å². The van der Waals surface area contributed by atoms with Crippen LogP contribution in [0.2, 0.25) is 0 Å². The predicted octanol–water partition coefficient (Wildman–Crippen LogP) is 2.79. The third-order valence-electron chi connectivity index (χ3n) is 4.94. The van der Waals surface area contributed by atoms with Crippen molar-refractivity contribution < 1.29 is 9.59 Å². The van der Waals surface area contributed by atoms with Crippen molar-refractivity contribution >= 4 is 40.9 Å². The third kappa shape index (κ3) is 3.56. The monoisotopic (exact) mass is 388 g/mol. The molecule has 29 heavy (non-hydrogen) atoms. The number of carbonyl (C=O) groups is 2. The van der Waals surface area contributed by atoms with Crippen molar-refractivity contribution in [3.8, 4) is 0 Å². The second-order valence-corrected chi connectivity index (χ2v) is 7.50. The van der Waals surface area contributed by atoms with Gasteiger partial charge in [0.05, 0.1) is 12.6 Å². The van der Waals surface area contributed by atoms with Crippen LogP contribution in [0.5, 0.6) is 0 Å². The average Bonchev–Trinajstić information content (AvgIpc) is 3.31. The number of nitrogens with one attached hydrogen (secondary N) is 3. The number of amides is 2. The van der Waals surface area contributed by atoms with Gasteiger partial charge in [0.15, 0.2) is 5.65 Å². The van der Waals surface area contributed by atoms with E-state index < -0.39 is 0 Å². The molecule has 3 N–H and O–H groups in total. The lowest BCUT2D eigenvalue weighted by Gasteiger charge is -2.12. The van der Waals surface area contributed by atoms with Crippen molar-refractivity contribution in [3.63, 3.8) is 0 Å². The predicted molar refractivity (Wildman–Crippen MR) is 110 cm³/mol. The van der Waals surface area contributed by atoms with E-state index in [1.54, 1.807) is 16.8 Å². The molecular formula is C21H20N6O2. The number of imide groups is 1. The number of nitrogens with zero attached hydrogens (tertiary/aromatic N) is 3. The summed E-state index contributed by atoms with van der Waals surface area (Å²) in [6, 6.07) is 10.4. The van der Waals surface area contributed by atoms with Crippen molar-refractivity contribution in [1.82, 2.24) is 19.9 Å². The second kappa shape index (κ2) is 6.73. The third-order valence-corrected chi connectivity index (χ3v) is 4.94. The smallest absolute Gasteiger partial charge is 0.254 e. The van der Waals surface area contributed by atoms with Crippen molar-refractivity contribution in [2.45, 2.75) is 32.2 Å². The molecule has 2 aromatic heterocycles. The molecule has 146 valence electrons. The van der Waals surface area contributed by atoms with Crippen molar-refractivity contribution in [2.75, 3.05) is 10.6 Å². The summed E-state index contributed by atoms with van der Waals surface area (Å²) >= 11 is 0. The highest BCUT2D eigenvalue weighted by Gasteiger charge is 2.25. The van der Waals surface area contributed by atoms with Gasteiger partial charge in [-0.2, -0.15) is 9.61 Å². The summed E-state index contributed by atoms with van der Waals surface area (Å²) in [5, 5.41) is 13.6. The molecule has 1 saturated heterocycles. The minimum Gasteiger partial charge on any atom is -0.367 e. The first-order valence-corrected chi connectivity index (χ1v) is 9.59. The van der Waals surface area contributed by atoms with Gasteiger partial charge >= 0.3 is 0 Å². The first-order valence-electron chi connectivity index (χ1n) is 9.59. The molecule has 0 atom stereocenters. The van der Waals surface area contributed by atoms with Crippen molar-refractivity contribution in [2.24, 2.45) is 0 Å². The highest BCUT2D eigenvalue weighted by Crippen LogP contribution is 2.29. The summed E-state index contributed by atoms with van der Waals surface area (Å²) in [5.74, 6) is 0.867. The lowest BCUT2D eigenvalue weighted by atomic mass is 10.1. The molecule has 0 bridgehead atoms. The summed E-state index contributed by atoms with van der Waals surface area (Å²) in [6.07, 6.45) is 5.69. The van der Waals surface area contributed by atoms with E-state index in [9.17, 15) is 9.59 Å². The molecule has 2 aliphatic rings. The average molecular weight is 388 g/mol. The number of carbonyl (C=O) groups excluding carboxylic acids is 2. The van der Waals surface area contributed by atoms with Crippen LogP contribution in [0.4, 0.5) is 17.3 Å². The van der Waals surface area contributed by atoms with E-state index in [4.69, 9.17) is 4.98 Å². The van der Waals surface area contributed by atoms with Gasteiger partial charge < -0.3 is 10.6 Å². The van der Waals surface area contributed by atoms with E-state index in [0.717, 1.165) is 29.9 Å². The first-order chi connectivity index (χ1) is 14.0. The Morgan fingerprint density at radius 1 is 1.24 bits per heavy atom. The van der Waals surface area contributed by atoms with Gasteiger partial charge in [0, 0.05) is 28.9 Å². The van der Waals surface area contributed by atoms with E-state index >= 15 is 0 Å². The largest absolute Gasteiger partial charge is 0.367 e. The Morgan fingerprint density at radius 2 is 2.10 bits per heavy atom. The van der Waals surface area contributed by atoms with Crippen LogP contribution in [0, 0.1) is 6.92 Å². The zero-order valence-corrected chi connectivity index (χ0v) is 15.9. The molecule has 0 spiro atoms. The van der Waals surface area contributed by atoms with Crippen LogP contribution in [0.25, 0.3) is 11.7 Å². The molecule has 1 aliphatic carbocycles. The zero-order valence-electron chi connectivity index (χ0n) is 15.9. The Morgan fingerprint density at radius 3 is 2.83 bits per heavy atom. The highest BCUT2D eigenvalue weighted by atomic mass is 16.2. The lowest BCUT2D eigenvalue weighted by Crippen LogP contribution is -2.19. The molecule has 3 heterocycles. The van der Waals surface area contributed by atoms with Gasteiger partial charge in [0.25, 0.3) is 5.91 Å². The van der Waals surface area contributed by atoms with Gasteiger partial charge in [0.2, 0.25) is 5.91 Å². The Labute approximate surface area is 167 Å². The summed E-state index contributed by atoms with van der Waals surface area (Å²) < 4.78 is 1.74. The lowest BCUT2D eigenvalue weighted by molar-refractivity contribution is -0.124. The molecule has 8 nitrogen and oxygen atoms in total. The minimum atomic E-state index is -0.361. The first kappa shape index (κ1) is 17.4. The topological polar surface area (TPSA) is 100 Å². The van der Waals surface area contributed by atoms with Crippen LogP contribution in [0.15, 0.2) is 42.1 Å². The van der Waals surface area contributed by atoms with Crippen LogP contribution in [0.1, 0.15) is 30.4 Å². The minimum absolute atomic E-state index is 0.0740. The van der Waals surface area contributed by atoms with E-state index in [1.165, 1.54) is 0 Å². The van der Waals surface area contributed by atoms with Crippen LogP contribution in [-0.2, 0) is 9.59 Å².